The van der Waals surface area contributed by atoms with Crippen LogP contribution in [0.3, 0.4) is 0 Å². The lowest BCUT2D eigenvalue weighted by atomic mass is 9.58. The van der Waals surface area contributed by atoms with Gasteiger partial charge in [-0.3, -0.25) is 0 Å². The van der Waals surface area contributed by atoms with Gasteiger partial charge in [-0.25, -0.2) is 0 Å². The van der Waals surface area contributed by atoms with Gasteiger partial charge in [-0.05, 0) is 74.5 Å². The van der Waals surface area contributed by atoms with E-state index < -0.39 is 0 Å². The topological polar surface area (TPSA) is 28.4 Å². The van der Waals surface area contributed by atoms with Crippen LogP contribution in [0.15, 0.2) is 48.5 Å². The fourth-order valence-corrected chi connectivity index (χ4v) is 5.98. The SMILES string of the molecule is CCN1CC[C@@]2(c3cccc(O)c3)Cc3c(c4ccccc4n3CC)CC2C1. The Morgan fingerprint density at radius 3 is 2.71 bits per heavy atom. The van der Waals surface area contributed by atoms with Crippen molar-refractivity contribution in [3.63, 3.8) is 0 Å². The Balaban J connectivity index is 1.71. The summed E-state index contributed by atoms with van der Waals surface area (Å²) in [5.41, 5.74) is 5.92. The summed E-state index contributed by atoms with van der Waals surface area (Å²) in [6, 6.07) is 17.0. The Hall–Kier alpha value is -2.26. The molecular weight excluding hydrogens is 344 g/mol. The molecule has 3 heteroatoms. The molecule has 3 nitrogen and oxygen atoms in total. The van der Waals surface area contributed by atoms with Gasteiger partial charge in [-0.1, -0.05) is 37.3 Å². The number of aromatic hydroxyl groups is 1. The highest BCUT2D eigenvalue weighted by Gasteiger charge is 2.48. The summed E-state index contributed by atoms with van der Waals surface area (Å²) in [5, 5.41) is 11.7. The van der Waals surface area contributed by atoms with Gasteiger partial charge in [0.1, 0.15) is 5.75 Å². The summed E-state index contributed by atoms with van der Waals surface area (Å²) in [6.45, 7) is 8.97. The number of nitrogens with zero attached hydrogens (tertiary/aromatic N) is 2. The summed E-state index contributed by atoms with van der Waals surface area (Å²) in [7, 11) is 0. The lowest BCUT2D eigenvalue weighted by Gasteiger charge is -2.51. The standard InChI is InChI=1S/C25H30N2O/c1-3-26-13-12-25(18-8-7-9-20(28)14-18)16-24-22(15-19(25)17-26)21-10-5-6-11-23(21)27(24)4-2/h5-11,14,19,28H,3-4,12-13,15-17H2,1-2H3/t19?,25-/m0/s1. The van der Waals surface area contributed by atoms with Gasteiger partial charge in [0.2, 0.25) is 0 Å². The summed E-state index contributed by atoms with van der Waals surface area (Å²) in [5.74, 6) is 0.983. The molecule has 2 aliphatic rings. The fraction of sp³-hybridized carbons (Fsp3) is 0.440. The minimum absolute atomic E-state index is 0.124. The molecule has 2 aromatic carbocycles. The normalized spacial score (nSPS) is 24.9. The molecule has 1 aliphatic carbocycles. The van der Waals surface area contributed by atoms with E-state index in [-0.39, 0.29) is 5.41 Å². The average Bonchev–Trinajstić information content (AvgIpc) is 3.03. The van der Waals surface area contributed by atoms with Crippen LogP contribution in [0, 0.1) is 5.92 Å². The molecule has 0 amide bonds. The zero-order chi connectivity index (χ0) is 19.3. The Morgan fingerprint density at radius 2 is 1.93 bits per heavy atom. The molecule has 0 saturated carbocycles. The van der Waals surface area contributed by atoms with Crippen molar-refractivity contribution in [3.8, 4) is 5.75 Å². The van der Waals surface area contributed by atoms with Gasteiger partial charge >= 0.3 is 0 Å². The number of para-hydroxylation sites is 1. The van der Waals surface area contributed by atoms with Crippen LogP contribution in [0.4, 0.5) is 0 Å². The largest absolute Gasteiger partial charge is 0.508 e. The third kappa shape index (κ3) is 2.52. The van der Waals surface area contributed by atoms with Crippen LogP contribution < -0.4 is 0 Å². The van der Waals surface area contributed by atoms with Gasteiger partial charge in [0.15, 0.2) is 0 Å². The molecule has 1 saturated heterocycles. The number of aryl methyl sites for hydroxylation is 1. The van der Waals surface area contributed by atoms with Crippen LogP contribution >= 0.6 is 0 Å². The van der Waals surface area contributed by atoms with Gasteiger partial charge in [0.05, 0.1) is 0 Å². The van der Waals surface area contributed by atoms with E-state index in [4.69, 9.17) is 0 Å². The summed E-state index contributed by atoms with van der Waals surface area (Å²) in [4.78, 5) is 2.61. The van der Waals surface area contributed by atoms with E-state index in [9.17, 15) is 5.11 Å². The highest BCUT2D eigenvalue weighted by Crippen LogP contribution is 2.50. The quantitative estimate of drug-likeness (QED) is 0.717. The molecular formula is C25H30N2O. The molecule has 1 aromatic heterocycles. The molecule has 5 rings (SSSR count). The molecule has 1 fully saturated rings. The first kappa shape index (κ1) is 17.8. The van der Waals surface area contributed by atoms with Crippen molar-refractivity contribution in [2.45, 2.75) is 45.1 Å². The van der Waals surface area contributed by atoms with E-state index in [0.29, 0.717) is 11.7 Å². The number of phenols is 1. The molecule has 0 bridgehead atoms. The lowest BCUT2D eigenvalue weighted by Crippen LogP contribution is -2.53. The number of piperidine rings is 1. The molecule has 1 aliphatic heterocycles. The predicted molar refractivity (Wildman–Crippen MR) is 115 cm³/mol. The number of benzene rings is 2. The molecule has 1 N–H and O–H groups in total. The third-order valence-electron chi connectivity index (χ3n) is 7.45. The maximum Gasteiger partial charge on any atom is 0.115 e. The highest BCUT2D eigenvalue weighted by molar-refractivity contribution is 5.86. The number of likely N-dealkylation sites (tertiary alicyclic amines) is 1. The van der Waals surface area contributed by atoms with Crippen molar-refractivity contribution in [2.75, 3.05) is 19.6 Å². The van der Waals surface area contributed by atoms with Crippen molar-refractivity contribution in [3.05, 3.63) is 65.4 Å². The van der Waals surface area contributed by atoms with Crippen molar-refractivity contribution in [1.82, 2.24) is 9.47 Å². The van der Waals surface area contributed by atoms with Crippen molar-refractivity contribution < 1.29 is 5.11 Å². The monoisotopic (exact) mass is 374 g/mol. The average molecular weight is 375 g/mol. The minimum Gasteiger partial charge on any atom is -0.508 e. The molecule has 2 heterocycles. The minimum atomic E-state index is 0.124. The number of fused-ring (bicyclic) bond motifs is 4. The molecule has 0 radical (unpaired) electrons. The van der Waals surface area contributed by atoms with E-state index in [0.717, 1.165) is 39.0 Å². The van der Waals surface area contributed by atoms with Crippen molar-refractivity contribution >= 4 is 10.9 Å². The van der Waals surface area contributed by atoms with Crippen LogP contribution in [-0.4, -0.2) is 34.2 Å². The second-order valence-electron chi connectivity index (χ2n) is 8.61. The smallest absolute Gasteiger partial charge is 0.115 e. The fourth-order valence-electron chi connectivity index (χ4n) is 5.98. The van der Waals surface area contributed by atoms with Crippen molar-refractivity contribution in [1.29, 1.82) is 0 Å². The summed E-state index contributed by atoms with van der Waals surface area (Å²) >= 11 is 0. The number of rotatable bonds is 3. The number of hydrogen-bond acceptors (Lipinski definition) is 2. The maximum absolute atomic E-state index is 10.2. The Labute approximate surface area is 167 Å². The van der Waals surface area contributed by atoms with Crippen LogP contribution in [0.1, 0.15) is 37.1 Å². The number of aromatic nitrogens is 1. The van der Waals surface area contributed by atoms with Crippen molar-refractivity contribution in [2.24, 2.45) is 5.92 Å². The first-order valence-electron chi connectivity index (χ1n) is 10.8. The number of phenolic OH excluding ortho intramolecular Hbond substituents is 1. The zero-order valence-electron chi connectivity index (χ0n) is 17.0. The van der Waals surface area contributed by atoms with E-state index in [1.807, 2.05) is 12.1 Å². The van der Waals surface area contributed by atoms with Gasteiger partial charge < -0.3 is 14.6 Å². The van der Waals surface area contributed by atoms with E-state index in [2.05, 4.69) is 53.6 Å². The second kappa shape index (κ2) is 6.66. The maximum atomic E-state index is 10.2. The molecule has 1 unspecified atom stereocenters. The first-order chi connectivity index (χ1) is 13.7. The van der Waals surface area contributed by atoms with Crippen LogP contribution in [0.5, 0.6) is 5.75 Å². The Morgan fingerprint density at radius 1 is 1.07 bits per heavy atom. The van der Waals surface area contributed by atoms with Crippen LogP contribution in [-0.2, 0) is 24.8 Å². The molecule has 146 valence electrons. The second-order valence-corrected chi connectivity index (χ2v) is 8.61. The lowest BCUT2D eigenvalue weighted by molar-refractivity contribution is 0.0843. The van der Waals surface area contributed by atoms with Gasteiger partial charge in [-0.15, -0.1) is 0 Å². The highest BCUT2D eigenvalue weighted by atomic mass is 16.3. The Kier molecular flexibility index (Phi) is 4.24. The Bertz CT molecular complexity index is 1020. The van der Waals surface area contributed by atoms with Crippen LogP contribution in [0.25, 0.3) is 10.9 Å². The van der Waals surface area contributed by atoms with Gasteiger partial charge in [0, 0.05) is 35.1 Å². The molecule has 2 atom stereocenters. The third-order valence-corrected chi connectivity index (χ3v) is 7.45. The van der Waals surface area contributed by atoms with Crippen LogP contribution in [0.2, 0.25) is 0 Å². The van der Waals surface area contributed by atoms with E-state index in [1.165, 1.54) is 28.6 Å². The summed E-state index contributed by atoms with van der Waals surface area (Å²) in [6.07, 6.45) is 3.38. The molecule has 0 spiro atoms. The first-order valence-corrected chi connectivity index (χ1v) is 10.8. The number of hydrogen-bond donors (Lipinski definition) is 1. The zero-order valence-corrected chi connectivity index (χ0v) is 17.0. The van der Waals surface area contributed by atoms with Gasteiger partial charge in [0.25, 0.3) is 0 Å². The summed E-state index contributed by atoms with van der Waals surface area (Å²) < 4.78 is 2.54. The molecule has 28 heavy (non-hydrogen) atoms. The molecule has 3 aromatic rings. The predicted octanol–water partition coefficient (Wildman–Crippen LogP) is 4.75. The van der Waals surface area contributed by atoms with Gasteiger partial charge in [-0.2, -0.15) is 0 Å². The van der Waals surface area contributed by atoms with E-state index >= 15 is 0 Å². The van der Waals surface area contributed by atoms with E-state index in [1.54, 1.807) is 11.6 Å².